The second-order valence-corrected chi connectivity index (χ2v) is 11.5. The van der Waals surface area contributed by atoms with Gasteiger partial charge in [0.05, 0.1) is 30.2 Å². The van der Waals surface area contributed by atoms with E-state index in [-0.39, 0.29) is 35.0 Å². The summed E-state index contributed by atoms with van der Waals surface area (Å²) in [6.07, 6.45) is 17.8. The second kappa shape index (κ2) is 11.8. The van der Waals surface area contributed by atoms with Crippen LogP contribution in [0.1, 0.15) is 83.2 Å². The highest BCUT2D eigenvalue weighted by atomic mass is 16.6. The van der Waals surface area contributed by atoms with E-state index in [0.717, 1.165) is 51.6 Å². The maximum absolute atomic E-state index is 12.3. The Morgan fingerprint density at radius 2 is 1.97 bits per heavy atom. The van der Waals surface area contributed by atoms with E-state index in [9.17, 15) is 9.59 Å². The molecule has 2 saturated heterocycles. The lowest BCUT2D eigenvalue weighted by molar-refractivity contribution is -0.117. The fourth-order valence-corrected chi connectivity index (χ4v) is 5.49. The Hall–Kier alpha value is -2.64. The molecule has 37 heavy (non-hydrogen) atoms. The van der Waals surface area contributed by atoms with Crippen molar-refractivity contribution in [3.8, 4) is 0 Å². The number of hydrogen-bond acceptors (Lipinski definition) is 6. The summed E-state index contributed by atoms with van der Waals surface area (Å²) in [5, 5.41) is 3.08. The van der Waals surface area contributed by atoms with Gasteiger partial charge in [0.15, 0.2) is 0 Å². The molecule has 202 valence electrons. The number of esters is 1. The van der Waals surface area contributed by atoms with Gasteiger partial charge >= 0.3 is 5.97 Å². The number of amides is 1. The molecule has 3 fully saturated rings. The van der Waals surface area contributed by atoms with Crippen LogP contribution in [0.4, 0.5) is 0 Å². The van der Waals surface area contributed by atoms with Gasteiger partial charge < -0.3 is 23.9 Å². The first-order chi connectivity index (χ1) is 17.6. The van der Waals surface area contributed by atoms with Gasteiger partial charge in [-0.1, -0.05) is 23.8 Å². The molecule has 1 aliphatic carbocycles. The van der Waals surface area contributed by atoms with Gasteiger partial charge in [0.25, 0.3) is 0 Å². The molecule has 1 N–H and O–H groups in total. The van der Waals surface area contributed by atoms with E-state index in [1.807, 2.05) is 0 Å². The molecular weight excluding hydrogens is 470 g/mol. The minimum absolute atomic E-state index is 0.0453. The Morgan fingerprint density at radius 3 is 2.65 bits per heavy atom. The van der Waals surface area contributed by atoms with E-state index in [4.69, 9.17) is 18.6 Å². The molecule has 4 rings (SSSR count). The highest BCUT2D eigenvalue weighted by Gasteiger charge is 2.53. The summed E-state index contributed by atoms with van der Waals surface area (Å²) in [6.45, 7) is 9.02. The number of furan rings is 1. The summed E-state index contributed by atoms with van der Waals surface area (Å²) >= 11 is 0. The van der Waals surface area contributed by atoms with Crippen molar-refractivity contribution in [1.82, 2.24) is 5.32 Å². The van der Waals surface area contributed by atoms with E-state index in [0.29, 0.717) is 5.92 Å². The summed E-state index contributed by atoms with van der Waals surface area (Å²) in [6, 6.07) is 3.35. The zero-order valence-electron chi connectivity index (χ0n) is 22.5. The van der Waals surface area contributed by atoms with Crippen molar-refractivity contribution in [1.29, 1.82) is 0 Å². The van der Waals surface area contributed by atoms with Crippen LogP contribution in [0.15, 0.2) is 58.8 Å². The van der Waals surface area contributed by atoms with Crippen LogP contribution in [0.25, 0.3) is 0 Å². The molecule has 1 amide bonds. The average molecular weight is 512 g/mol. The topological polar surface area (TPSA) is 90.3 Å². The standard InChI is InChI=1S/C30H41NO6/c1-21(8-15-25-18-30(20-35-30)19-29(3,4)37-25)7-10-23-11-13-24(14-12-23)31-27(32)16-9-22(2)36-28(33)26-6-5-17-34-26/h5-9,15-17,22-25H,10-14,18-20H2,1-4H3,(H,31,32)/t22?,23?,24?,25-,30-/m1/s1. The molecule has 2 aliphatic heterocycles. The molecule has 1 saturated carbocycles. The lowest BCUT2D eigenvalue weighted by atomic mass is 9.83. The molecule has 7 nitrogen and oxygen atoms in total. The summed E-state index contributed by atoms with van der Waals surface area (Å²) in [4.78, 5) is 24.2. The highest BCUT2D eigenvalue weighted by molar-refractivity contribution is 5.88. The van der Waals surface area contributed by atoms with Gasteiger partial charge in [-0.25, -0.2) is 4.79 Å². The second-order valence-electron chi connectivity index (χ2n) is 11.5. The quantitative estimate of drug-likeness (QED) is 0.199. The third-order valence-electron chi connectivity index (χ3n) is 7.42. The van der Waals surface area contributed by atoms with Crippen LogP contribution in [-0.4, -0.2) is 47.9 Å². The van der Waals surface area contributed by atoms with Gasteiger partial charge in [-0.15, -0.1) is 0 Å². The first-order valence-electron chi connectivity index (χ1n) is 13.5. The molecule has 1 spiro atoms. The molecule has 3 heterocycles. The minimum atomic E-state index is -0.548. The Kier molecular flexibility index (Phi) is 8.75. The molecule has 1 unspecified atom stereocenters. The lowest BCUT2D eigenvalue weighted by Crippen LogP contribution is -2.43. The van der Waals surface area contributed by atoms with E-state index in [1.165, 1.54) is 17.9 Å². The molecule has 3 atom stereocenters. The Labute approximate surface area is 220 Å². The first kappa shape index (κ1) is 27.4. The SMILES string of the molecule is CC(C=C[C@@H]1C[C@]2(CO2)CC(C)(C)O1)=CCC1CCC(NC(=O)C=CC(C)OC(=O)c2ccco2)CC1. The number of rotatable bonds is 9. The number of carbonyl (C=O) groups is 2. The molecule has 0 radical (unpaired) electrons. The largest absolute Gasteiger partial charge is 0.457 e. The summed E-state index contributed by atoms with van der Waals surface area (Å²) in [7, 11) is 0. The van der Waals surface area contributed by atoms with Gasteiger partial charge in [-0.2, -0.15) is 0 Å². The van der Waals surface area contributed by atoms with Gasteiger partial charge in [0.2, 0.25) is 11.7 Å². The number of hydrogen-bond donors (Lipinski definition) is 1. The van der Waals surface area contributed by atoms with Crippen LogP contribution >= 0.6 is 0 Å². The third-order valence-corrected chi connectivity index (χ3v) is 7.42. The number of nitrogens with one attached hydrogen (secondary N) is 1. The minimum Gasteiger partial charge on any atom is -0.457 e. The van der Waals surface area contributed by atoms with E-state index in [1.54, 1.807) is 25.1 Å². The van der Waals surface area contributed by atoms with Gasteiger partial charge in [0, 0.05) is 25.0 Å². The average Bonchev–Trinajstić information content (AvgIpc) is 3.33. The normalized spacial score (nSPS) is 30.5. The molecule has 3 aliphatic rings. The molecule has 1 aromatic heterocycles. The van der Waals surface area contributed by atoms with Crippen molar-refractivity contribution in [3.63, 3.8) is 0 Å². The van der Waals surface area contributed by atoms with Crippen LogP contribution < -0.4 is 5.32 Å². The monoisotopic (exact) mass is 511 g/mol. The van der Waals surface area contributed by atoms with Gasteiger partial charge in [-0.05, 0) is 83.9 Å². The van der Waals surface area contributed by atoms with Crippen LogP contribution in [0.5, 0.6) is 0 Å². The maximum atomic E-state index is 12.3. The predicted molar refractivity (Wildman–Crippen MR) is 141 cm³/mol. The van der Waals surface area contributed by atoms with Gasteiger partial charge in [0.1, 0.15) is 6.10 Å². The van der Waals surface area contributed by atoms with Crippen molar-refractivity contribution >= 4 is 11.9 Å². The fourth-order valence-electron chi connectivity index (χ4n) is 5.49. The Balaban J connectivity index is 1.13. The summed E-state index contributed by atoms with van der Waals surface area (Å²) < 4.78 is 22.2. The zero-order chi connectivity index (χ0) is 26.5. The van der Waals surface area contributed by atoms with Crippen LogP contribution in [0.2, 0.25) is 0 Å². The van der Waals surface area contributed by atoms with Crippen molar-refractivity contribution in [3.05, 3.63) is 60.1 Å². The summed E-state index contributed by atoms with van der Waals surface area (Å²) in [5.41, 5.74) is 1.17. The van der Waals surface area contributed by atoms with Crippen molar-refractivity contribution in [2.75, 3.05) is 6.61 Å². The summed E-state index contributed by atoms with van der Waals surface area (Å²) in [5.74, 6) is 0.0809. The molecular formula is C30H41NO6. The van der Waals surface area contributed by atoms with Crippen molar-refractivity contribution in [2.24, 2.45) is 5.92 Å². The fraction of sp³-hybridized carbons (Fsp3) is 0.600. The first-order valence-corrected chi connectivity index (χ1v) is 13.5. The van der Waals surface area contributed by atoms with Crippen molar-refractivity contribution in [2.45, 2.75) is 102 Å². The predicted octanol–water partition coefficient (Wildman–Crippen LogP) is 5.68. The Morgan fingerprint density at radius 1 is 1.22 bits per heavy atom. The number of carbonyl (C=O) groups excluding carboxylic acids is 2. The van der Waals surface area contributed by atoms with Crippen LogP contribution in [0, 0.1) is 5.92 Å². The number of allylic oxidation sites excluding steroid dienone is 3. The van der Waals surface area contributed by atoms with E-state index < -0.39 is 12.1 Å². The molecule has 7 heteroatoms. The van der Waals surface area contributed by atoms with Crippen LogP contribution in [0.3, 0.4) is 0 Å². The maximum Gasteiger partial charge on any atom is 0.374 e. The molecule has 0 aromatic carbocycles. The van der Waals surface area contributed by atoms with Gasteiger partial charge in [-0.3, -0.25) is 4.79 Å². The lowest BCUT2D eigenvalue weighted by Gasteiger charge is -2.38. The van der Waals surface area contributed by atoms with Crippen LogP contribution in [-0.2, 0) is 19.0 Å². The van der Waals surface area contributed by atoms with E-state index in [2.05, 4.69) is 44.3 Å². The smallest absolute Gasteiger partial charge is 0.374 e. The highest BCUT2D eigenvalue weighted by Crippen LogP contribution is 2.46. The Bertz CT molecular complexity index is 1000. The molecule has 1 aromatic rings. The van der Waals surface area contributed by atoms with E-state index >= 15 is 0 Å². The zero-order valence-corrected chi connectivity index (χ0v) is 22.5. The number of epoxide rings is 1. The van der Waals surface area contributed by atoms with Crippen molar-refractivity contribution < 1.29 is 28.2 Å². The molecule has 0 bridgehead atoms. The third kappa shape index (κ3) is 8.44. The number of ether oxygens (including phenoxy) is 3.